The summed E-state index contributed by atoms with van der Waals surface area (Å²) in [6.45, 7) is 6.59. The number of hydrogen-bond acceptors (Lipinski definition) is 6. The minimum atomic E-state index is -0.161. The van der Waals surface area contributed by atoms with Crippen molar-refractivity contribution in [2.75, 3.05) is 18.0 Å². The van der Waals surface area contributed by atoms with Gasteiger partial charge in [0.25, 0.3) is 5.56 Å². The van der Waals surface area contributed by atoms with Gasteiger partial charge in [0.15, 0.2) is 0 Å². The number of piperidine rings is 1. The second-order valence-corrected chi connectivity index (χ2v) is 8.80. The average Bonchev–Trinajstić information content (AvgIpc) is 3.20. The molecule has 0 saturated carbocycles. The van der Waals surface area contributed by atoms with Gasteiger partial charge in [0, 0.05) is 37.3 Å². The van der Waals surface area contributed by atoms with Gasteiger partial charge in [-0.3, -0.25) is 9.78 Å². The molecule has 1 atom stereocenters. The first-order chi connectivity index (χ1) is 16.0. The molecule has 0 radical (unpaired) electrons. The Morgan fingerprint density at radius 1 is 1.27 bits per heavy atom. The zero-order valence-electron chi connectivity index (χ0n) is 19.1. The number of imidazole rings is 1. The third-order valence-corrected chi connectivity index (χ3v) is 6.43. The maximum atomic E-state index is 13.7. The van der Waals surface area contributed by atoms with Crippen molar-refractivity contribution in [2.45, 2.75) is 45.8 Å². The molecular weight excluding hydrogens is 414 g/mol. The van der Waals surface area contributed by atoms with Crippen LogP contribution in [0.1, 0.15) is 32.4 Å². The van der Waals surface area contributed by atoms with E-state index < -0.39 is 0 Å². The first-order valence-electron chi connectivity index (χ1n) is 11.5. The topological polar surface area (TPSA) is 94.9 Å². The van der Waals surface area contributed by atoms with Crippen molar-refractivity contribution >= 4 is 27.8 Å². The van der Waals surface area contributed by atoms with Crippen LogP contribution < -0.4 is 16.2 Å². The minimum Gasteiger partial charge on any atom is -0.341 e. The molecular formula is C25H29N7O. The lowest BCUT2D eigenvalue weighted by molar-refractivity contribution is 0.495. The highest BCUT2D eigenvalue weighted by molar-refractivity contribution is 5.84. The Balaban J connectivity index is 1.63. The Hall–Kier alpha value is -3.52. The van der Waals surface area contributed by atoms with Crippen LogP contribution in [0.4, 0.5) is 5.95 Å². The summed E-state index contributed by atoms with van der Waals surface area (Å²) in [6, 6.07) is 10.1. The molecule has 8 nitrogen and oxygen atoms in total. The van der Waals surface area contributed by atoms with E-state index in [1.54, 1.807) is 12.4 Å². The van der Waals surface area contributed by atoms with Gasteiger partial charge >= 0.3 is 0 Å². The number of benzene rings is 1. The van der Waals surface area contributed by atoms with E-state index in [4.69, 9.17) is 10.7 Å². The molecule has 4 aromatic rings. The van der Waals surface area contributed by atoms with Crippen LogP contribution in [0.5, 0.6) is 0 Å². The van der Waals surface area contributed by atoms with E-state index in [1.165, 1.54) is 4.68 Å². The van der Waals surface area contributed by atoms with E-state index in [2.05, 4.69) is 28.0 Å². The van der Waals surface area contributed by atoms with Crippen LogP contribution >= 0.6 is 0 Å². The lowest BCUT2D eigenvalue weighted by Gasteiger charge is -2.32. The number of anilines is 1. The Morgan fingerprint density at radius 3 is 2.94 bits per heavy atom. The van der Waals surface area contributed by atoms with E-state index in [-0.39, 0.29) is 11.6 Å². The molecule has 0 spiro atoms. The van der Waals surface area contributed by atoms with Crippen LogP contribution in [0.25, 0.3) is 21.8 Å². The van der Waals surface area contributed by atoms with Crippen molar-refractivity contribution < 1.29 is 0 Å². The summed E-state index contributed by atoms with van der Waals surface area (Å²) in [6.07, 6.45) is 7.56. The van der Waals surface area contributed by atoms with Crippen molar-refractivity contribution in [1.29, 1.82) is 0 Å². The van der Waals surface area contributed by atoms with Gasteiger partial charge in [-0.05, 0) is 38.1 Å². The Labute approximate surface area is 192 Å². The quantitative estimate of drug-likeness (QED) is 0.476. The van der Waals surface area contributed by atoms with Crippen molar-refractivity contribution in [3.63, 3.8) is 0 Å². The molecule has 1 unspecified atom stereocenters. The first-order valence-corrected chi connectivity index (χ1v) is 11.5. The zero-order chi connectivity index (χ0) is 22.9. The molecule has 0 amide bonds. The van der Waals surface area contributed by atoms with Crippen LogP contribution in [-0.4, -0.2) is 43.4 Å². The average molecular weight is 444 g/mol. The van der Waals surface area contributed by atoms with Crippen molar-refractivity contribution in [3.05, 3.63) is 70.4 Å². The summed E-state index contributed by atoms with van der Waals surface area (Å²) in [4.78, 5) is 25.2. The SMILES string of the molecule is CC=C(C)Cn1c(N2CCCC(N)C2)nc2cnn(Cc3nccc4ccccc34)c(=O)c21. The third-order valence-electron chi connectivity index (χ3n) is 6.43. The predicted molar refractivity (Wildman–Crippen MR) is 131 cm³/mol. The molecule has 5 rings (SSSR count). The molecule has 1 aliphatic rings. The first kappa shape index (κ1) is 21.3. The van der Waals surface area contributed by atoms with Gasteiger partial charge in [-0.15, -0.1) is 0 Å². The molecule has 1 saturated heterocycles. The monoisotopic (exact) mass is 443 g/mol. The van der Waals surface area contributed by atoms with Gasteiger partial charge < -0.3 is 15.2 Å². The highest BCUT2D eigenvalue weighted by atomic mass is 16.1. The third kappa shape index (κ3) is 4.02. The predicted octanol–water partition coefficient (Wildman–Crippen LogP) is 3.08. The summed E-state index contributed by atoms with van der Waals surface area (Å²) in [7, 11) is 0. The molecule has 1 aliphatic heterocycles. The smallest absolute Gasteiger partial charge is 0.293 e. The number of rotatable bonds is 5. The molecule has 0 bridgehead atoms. The molecule has 8 heteroatoms. The number of pyridine rings is 1. The fourth-order valence-corrected chi connectivity index (χ4v) is 4.56. The molecule has 4 heterocycles. The Kier molecular flexibility index (Phi) is 5.68. The fraction of sp³-hybridized carbons (Fsp3) is 0.360. The second-order valence-electron chi connectivity index (χ2n) is 8.80. The number of nitrogens with two attached hydrogens (primary N) is 1. The molecule has 0 aliphatic carbocycles. The summed E-state index contributed by atoms with van der Waals surface area (Å²) in [5.41, 5.74) is 9.25. The second kappa shape index (κ2) is 8.78. The number of fused-ring (bicyclic) bond motifs is 2. The summed E-state index contributed by atoms with van der Waals surface area (Å²) in [5.74, 6) is 0.793. The van der Waals surface area contributed by atoms with Gasteiger partial charge in [-0.2, -0.15) is 5.10 Å². The van der Waals surface area contributed by atoms with Crippen LogP contribution in [0, 0.1) is 0 Å². The van der Waals surface area contributed by atoms with Gasteiger partial charge in [0.2, 0.25) is 5.95 Å². The number of nitrogens with zero attached hydrogens (tertiary/aromatic N) is 6. The Morgan fingerprint density at radius 2 is 2.12 bits per heavy atom. The minimum absolute atomic E-state index is 0.113. The Bertz CT molecular complexity index is 1400. The molecule has 2 N–H and O–H groups in total. The van der Waals surface area contributed by atoms with Crippen molar-refractivity contribution in [3.8, 4) is 0 Å². The summed E-state index contributed by atoms with van der Waals surface area (Å²) >= 11 is 0. The number of allylic oxidation sites excluding steroid dienone is 2. The molecule has 33 heavy (non-hydrogen) atoms. The molecule has 1 aromatic carbocycles. The van der Waals surface area contributed by atoms with Crippen molar-refractivity contribution in [2.24, 2.45) is 5.73 Å². The lowest BCUT2D eigenvalue weighted by Crippen LogP contribution is -2.44. The zero-order valence-corrected chi connectivity index (χ0v) is 19.1. The van der Waals surface area contributed by atoms with E-state index in [1.807, 2.05) is 41.8 Å². The van der Waals surface area contributed by atoms with Crippen LogP contribution in [0.2, 0.25) is 0 Å². The number of aromatic nitrogens is 5. The highest BCUT2D eigenvalue weighted by Gasteiger charge is 2.24. The van der Waals surface area contributed by atoms with Crippen LogP contribution in [-0.2, 0) is 13.1 Å². The van der Waals surface area contributed by atoms with E-state index in [9.17, 15) is 4.79 Å². The standard InChI is InChI=1S/C25H29N7O/c1-3-17(2)14-31-23-21(29-25(31)30-12-6-8-19(26)15-30)13-28-32(24(23)33)16-22-20-9-5-4-7-18(20)10-11-27-22/h3-5,7,9-11,13,19H,6,8,12,14-16,26H2,1-2H3. The maximum absolute atomic E-state index is 13.7. The van der Waals surface area contributed by atoms with E-state index in [0.717, 1.165) is 53.9 Å². The van der Waals surface area contributed by atoms with Gasteiger partial charge in [0.05, 0.1) is 18.4 Å². The highest BCUT2D eigenvalue weighted by Crippen LogP contribution is 2.24. The largest absolute Gasteiger partial charge is 0.341 e. The van der Waals surface area contributed by atoms with Gasteiger partial charge in [-0.1, -0.05) is 35.9 Å². The molecule has 170 valence electrons. The van der Waals surface area contributed by atoms with Crippen molar-refractivity contribution in [1.82, 2.24) is 24.3 Å². The summed E-state index contributed by atoms with van der Waals surface area (Å²) < 4.78 is 3.52. The van der Waals surface area contributed by atoms with E-state index >= 15 is 0 Å². The lowest BCUT2D eigenvalue weighted by atomic mass is 10.1. The van der Waals surface area contributed by atoms with Gasteiger partial charge in [0.1, 0.15) is 11.0 Å². The van der Waals surface area contributed by atoms with Crippen LogP contribution in [0.15, 0.2) is 59.2 Å². The fourth-order valence-electron chi connectivity index (χ4n) is 4.56. The van der Waals surface area contributed by atoms with Gasteiger partial charge in [-0.25, -0.2) is 9.67 Å². The van der Waals surface area contributed by atoms with E-state index in [0.29, 0.717) is 24.1 Å². The normalized spacial score (nSPS) is 17.2. The maximum Gasteiger partial charge on any atom is 0.293 e. The number of hydrogen-bond donors (Lipinski definition) is 1. The summed E-state index contributed by atoms with van der Waals surface area (Å²) in [5, 5.41) is 6.57. The molecule has 1 fully saturated rings. The molecule has 3 aromatic heterocycles. The van der Waals surface area contributed by atoms with Crippen LogP contribution in [0.3, 0.4) is 0 Å².